The Bertz CT molecular complexity index is 343. The molecule has 0 saturated heterocycles. The minimum Gasteiger partial charge on any atom is -0.392 e. The van der Waals surface area contributed by atoms with Crippen LogP contribution in [-0.2, 0) is 13.2 Å². The number of aliphatic hydroxyl groups is 1. The molecule has 1 aliphatic rings. The van der Waals surface area contributed by atoms with E-state index in [1.807, 2.05) is 12.1 Å². The standard InChI is InChI=1S/C16H25NO/c18-13-16-9-5-8-15(10-16)12-17-11-14-6-3-1-2-4-7-14/h5,8-10,14,17-18H,1-4,6-7,11-13H2. The number of hydrogen-bond acceptors (Lipinski definition) is 2. The van der Waals surface area contributed by atoms with Gasteiger partial charge in [0.15, 0.2) is 0 Å². The van der Waals surface area contributed by atoms with Crippen LogP contribution >= 0.6 is 0 Å². The Morgan fingerprint density at radius 3 is 2.50 bits per heavy atom. The zero-order chi connectivity index (χ0) is 12.6. The van der Waals surface area contributed by atoms with Gasteiger partial charge in [-0.2, -0.15) is 0 Å². The van der Waals surface area contributed by atoms with E-state index in [2.05, 4.69) is 17.4 Å². The third-order valence-electron chi connectivity index (χ3n) is 3.91. The fraction of sp³-hybridized carbons (Fsp3) is 0.625. The Morgan fingerprint density at radius 2 is 1.78 bits per heavy atom. The van der Waals surface area contributed by atoms with Crippen molar-refractivity contribution in [3.63, 3.8) is 0 Å². The highest BCUT2D eigenvalue weighted by molar-refractivity contribution is 5.22. The van der Waals surface area contributed by atoms with Gasteiger partial charge in [-0.15, -0.1) is 0 Å². The second-order valence-electron chi connectivity index (χ2n) is 5.47. The summed E-state index contributed by atoms with van der Waals surface area (Å²) in [5, 5.41) is 12.7. The smallest absolute Gasteiger partial charge is 0.0681 e. The molecule has 2 N–H and O–H groups in total. The Balaban J connectivity index is 1.73. The van der Waals surface area contributed by atoms with E-state index in [1.54, 1.807) is 0 Å². The molecule has 1 fully saturated rings. The maximum Gasteiger partial charge on any atom is 0.0681 e. The van der Waals surface area contributed by atoms with Gasteiger partial charge in [0.25, 0.3) is 0 Å². The molecule has 0 radical (unpaired) electrons. The van der Waals surface area contributed by atoms with Crippen LogP contribution in [0.3, 0.4) is 0 Å². The van der Waals surface area contributed by atoms with Crippen molar-refractivity contribution < 1.29 is 5.11 Å². The fourth-order valence-electron chi connectivity index (χ4n) is 2.83. The van der Waals surface area contributed by atoms with E-state index in [9.17, 15) is 0 Å². The van der Waals surface area contributed by atoms with Gasteiger partial charge >= 0.3 is 0 Å². The van der Waals surface area contributed by atoms with Gasteiger partial charge < -0.3 is 10.4 Å². The van der Waals surface area contributed by atoms with Crippen LogP contribution < -0.4 is 5.32 Å². The Kier molecular flexibility index (Phi) is 5.69. The van der Waals surface area contributed by atoms with Gasteiger partial charge in [-0.25, -0.2) is 0 Å². The van der Waals surface area contributed by atoms with Gasteiger partial charge in [0.05, 0.1) is 6.61 Å². The van der Waals surface area contributed by atoms with Crippen LogP contribution in [0.5, 0.6) is 0 Å². The molecule has 18 heavy (non-hydrogen) atoms. The minimum absolute atomic E-state index is 0.135. The molecule has 0 spiro atoms. The van der Waals surface area contributed by atoms with Crippen LogP contribution in [-0.4, -0.2) is 11.7 Å². The van der Waals surface area contributed by atoms with Crippen LogP contribution in [0.4, 0.5) is 0 Å². The third kappa shape index (κ3) is 4.43. The third-order valence-corrected chi connectivity index (χ3v) is 3.91. The Morgan fingerprint density at radius 1 is 1.06 bits per heavy atom. The zero-order valence-electron chi connectivity index (χ0n) is 11.2. The van der Waals surface area contributed by atoms with Crippen LogP contribution in [0.2, 0.25) is 0 Å². The van der Waals surface area contributed by atoms with E-state index >= 15 is 0 Å². The maximum atomic E-state index is 9.10. The molecule has 2 rings (SSSR count). The van der Waals surface area contributed by atoms with Crippen molar-refractivity contribution in [2.75, 3.05) is 6.54 Å². The molecule has 1 aliphatic carbocycles. The molecule has 0 aromatic heterocycles. The lowest BCUT2D eigenvalue weighted by Gasteiger charge is -2.15. The fourth-order valence-corrected chi connectivity index (χ4v) is 2.83. The first-order valence-corrected chi connectivity index (χ1v) is 7.28. The van der Waals surface area contributed by atoms with E-state index in [0.29, 0.717) is 0 Å². The van der Waals surface area contributed by atoms with Crippen molar-refractivity contribution in [1.82, 2.24) is 5.32 Å². The first-order chi connectivity index (χ1) is 8.88. The number of hydrogen-bond donors (Lipinski definition) is 2. The van der Waals surface area contributed by atoms with E-state index < -0.39 is 0 Å². The van der Waals surface area contributed by atoms with E-state index in [1.165, 1.54) is 44.1 Å². The van der Waals surface area contributed by atoms with Crippen molar-refractivity contribution in [1.29, 1.82) is 0 Å². The zero-order valence-corrected chi connectivity index (χ0v) is 11.2. The van der Waals surface area contributed by atoms with Crippen LogP contribution in [0.1, 0.15) is 49.7 Å². The predicted octanol–water partition coefficient (Wildman–Crippen LogP) is 3.24. The summed E-state index contributed by atoms with van der Waals surface area (Å²) in [4.78, 5) is 0. The summed E-state index contributed by atoms with van der Waals surface area (Å²) in [5.74, 6) is 0.869. The molecule has 0 aliphatic heterocycles. The normalized spacial score (nSPS) is 17.6. The van der Waals surface area contributed by atoms with Gasteiger partial charge in [-0.05, 0) is 36.4 Å². The number of aliphatic hydroxyl groups excluding tert-OH is 1. The summed E-state index contributed by atoms with van der Waals surface area (Å²) in [5.41, 5.74) is 2.28. The molecular formula is C16H25NO. The molecule has 1 aromatic rings. The molecular weight excluding hydrogens is 222 g/mol. The van der Waals surface area contributed by atoms with Crippen LogP contribution in [0, 0.1) is 5.92 Å². The SMILES string of the molecule is OCc1cccc(CNCC2CCCCCC2)c1. The highest BCUT2D eigenvalue weighted by Gasteiger charge is 2.11. The first kappa shape index (κ1) is 13.6. The summed E-state index contributed by atoms with van der Waals surface area (Å²) in [6.45, 7) is 2.20. The summed E-state index contributed by atoms with van der Waals surface area (Å²) >= 11 is 0. The van der Waals surface area contributed by atoms with Crippen LogP contribution in [0.25, 0.3) is 0 Å². The van der Waals surface area contributed by atoms with Crippen molar-refractivity contribution >= 4 is 0 Å². The Hall–Kier alpha value is -0.860. The second-order valence-corrected chi connectivity index (χ2v) is 5.47. The highest BCUT2D eigenvalue weighted by Crippen LogP contribution is 2.22. The number of benzene rings is 1. The van der Waals surface area contributed by atoms with E-state index in [-0.39, 0.29) is 6.61 Å². The molecule has 100 valence electrons. The van der Waals surface area contributed by atoms with Crippen molar-refractivity contribution in [3.05, 3.63) is 35.4 Å². The molecule has 0 atom stereocenters. The monoisotopic (exact) mass is 247 g/mol. The largest absolute Gasteiger partial charge is 0.392 e. The van der Waals surface area contributed by atoms with Crippen molar-refractivity contribution in [3.8, 4) is 0 Å². The average molecular weight is 247 g/mol. The predicted molar refractivity (Wildman–Crippen MR) is 75.3 cm³/mol. The van der Waals surface area contributed by atoms with E-state index in [4.69, 9.17) is 5.11 Å². The topological polar surface area (TPSA) is 32.3 Å². The maximum absolute atomic E-state index is 9.10. The highest BCUT2D eigenvalue weighted by atomic mass is 16.3. The number of nitrogens with one attached hydrogen (secondary N) is 1. The molecule has 2 nitrogen and oxygen atoms in total. The van der Waals surface area contributed by atoms with Gasteiger partial charge in [0.1, 0.15) is 0 Å². The average Bonchev–Trinajstić information content (AvgIpc) is 2.68. The lowest BCUT2D eigenvalue weighted by Crippen LogP contribution is -2.22. The second kappa shape index (κ2) is 7.55. The van der Waals surface area contributed by atoms with Gasteiger partial charge in [0.2, 0.25) is 0 Å². The molecule has 0 unspecified atom stereocenters. The molecule has 1 saturated carbocycles. The Labute approximate surface area is 110 Å². The molecule has 0 heterocycles. The summed E-state index contributed by atoms with van der Waals surface area (Å²) in [6, 6.07) is 8.20. The summed E-state index contributed by atoms with van der Waals surface area (Å²) in [6.07, 6.45) is 8.45. The van der Waals surface area contributed by atoms with Gasteiger partial charge in [-0.1, -0.05) is 49.9 Å². The molecule has 1 aromatic carbocycles. The summed E-state index contributed by atoms with van der Waals surface area (Å²) < 4.78 is 0. The quantitative estimate of drug-likeness (QED) is 0.783. The van der Waals surface area contributed by atoms with Gasteiger partial charge in [-0.3, -0.25) is 0 Å². The van der Waals surface area contributed by atoms with Gasteiger partial charge in [0, 0.05) is 6.54 Å². The molecule has 0 amide bonds. The lowest BCUT2D eigenvalue weighted by atomic mass is 10.0. The first-order valence-electron chi connectivity index (χ1n) is 7.28. The molecule has 2 heteroatoms. The van der Waals surface area contributed by atoms with Crippen molar-refractivity contribution in [2.24, 2.45) is 5.92 Å². The van der Waals surface area contributed by atoms with E-state index in [0.717, 1.165) is 24.6 Å². The lowest BCUT2D eigenvalue weighted by molar-refractivity contribution is 0.281. The number of rotatable bonds is 5. The molecule has 0 bridgehead atoms. The minimum atomic E-state index is 0.135. The van der Waals surface area contributed by atoms with Crippen LogP contribution in [0.15, 0.2) is 24.3 Å². The summed E-state index contributed by atoms with van der Waals surface area (Å²) in [7, 11) is 0. The van der Waals surface area contributed by atoms with Crippen molar-refractivity contribution in [2.45, 2.75) is 51.7 Å².